The summed E-state index contributed by atoms with van der Waals surface area (Å²) in [5, 5.41) is 0. The summed E-state index contributed by atoms with van der Waals surface area (Å²) in [6.45, 7) is 4.23. The molecule has 2 heteroatoms. The second-order valence-electron chi connectivity index (χ2n) is 4.29. The van der Waals surface area contributed by atoms with E-state index in [-0.39, 0.29) is 0 Å². The maximum absolute atomic E-state index is 5.84. The molecule has 0 heterocycles. The smallest absolute Gasteiger partial charge is 0.0327 e. The molecule has 0 radical (unpaired) electrons. The Bertz CT molecular complexity index is 500. The lowest BCUT2D eigenvalue weighted by Crippen LogP contribution is -1.88. The van der Waals surface area contributed by atoms with Crippen molar-refractivity contribution in [3.63, 3.8) is 0 Å². The van der Waals surface area contributed by atoms with Crippen LogP contribution in [-0.4, -0.2) is 0 Å². The van der Waals surface area contributed by atoms with Gasteiger partial charge in [0.25, 0.3) is 0 Å². The zero-order valence-electron chi connectivity index (χ0n) is 10.2. The molecule has 88 valence electrons. The van der Waals surface area contributed by atoms with Crippen molar-refractivity contribution in [2.24, 2.45) is 0 Å². The third kappa shape index (κ3) is 3.27. The molecule has 0 saturated carbocycles. The summed E-state index contributed by atoms with van der Waals surface area (Å²) in [4.78, 5) is 1.24. The van der Waals surface area contributed by atoms with Crippen molar-refractivity contribution < 1.29 is 0 Å². The minimum atomic E-state index is 0.845. The van der Waals surface area contributed by atoms with Crippen LogP contribution in [0.15, 0.2) is 47.4 Å². The van der Waals surface area contributed by atoms with Gasteiger partial charge in [0.2, 0.25) is 0 Å². The molecule has 2 aromatic rings. The molecule has 0 aliphatic heterocycles. The summed E-state index contributed by atoms with van der Waals surface area (Å²) in [6, 6.07) is 14.7. The van der Waals surface area contributed by atoms with Gasteiger partial charge in [-0.1, -0.05) is 24.3 Å². The highest BCUT2D eigenvalue weighted by molar-refractivity contribution is 7.98. The number of nitrogens with two attached hydrogens (primary N) is 1. The Balaban J connectivity index is 2.10. The standard InChI is InChI=1S/C15H17NS/c1-11-7-14(16)9-15(8-11)17-10-13-6-4-3-5-12(13)2/h3-9H,10,16H2,1-2H3. The molecule has 0 saturated heterocycles. The number of rotatable bonds is 3. The van der Waals surface area contributed by atoms with Crippen LogP contribution in [0.4, 0.5) is 5.69 Å². The number of hydrogen-bond acceptors (Lipinski definition) is 2. The summed E-state index contributed by atoms with van der Waals surface area (Å²) < 4.78 is 0. The highest BCUT2D eigenvalue weighted by Gasteiger charge is 2.00. The third-order valence-electron chi connectivity index (χ3n) is 2.73. The molecule has 0 atom stereocenters. The fourth-order valence-electron chi connectivity index (χ4n) is 1.79. The molecule has 2 aromatic carbocycles. The number of nitrogen functional groups attached to an aromatic ring is 1. The van der Waals surface area contributed by atoms with Gasteiger partial charge in [0.05, 0.1) is 0 Å². The molecular formula is C15H17NS. The largest absolute Gasteiger partial charge is 0.399 e. The molecule has 0 amide bonds. The first kappa shape index (κ1) is 12.1. The Morgan fingerprint density at radius 3 is 2.53 bits per heavy atom. The van der Waals surface area contributed by atoms with Gasteiger partial charge < -0.3 is 5.73 Å². The number of benzene rings is 2. The maximum Gasteiger partial charge on any atom is 0.0327 e. The first-order valence-electron chi connectivity index (χ1n) is 5.69. The Kier molecular flexibility index (Phi) is 3.75. The predicted molar refractivity (Wildman–Crippen MR) is 76.3 cm³/mol. The topological polar surface area (TPSA) is 26.0 Å². The fraction of sp³-hybridized carbons (Fsp3) is 0.200. The Morgan fingerprint density at radius 2 is 1.82 bits per heavy atom. The summed E-state index contributed by atoms with van der Waals surface area (Å²) in [5.74, 6) is 0.996. The number of aryl methyl sites for hydroxylation is 2. The second-order valence-corrected chi connectivity index (χ2v) is 5.34. The molecule has 0 aromatic heterocycles. The van der Waals surface area contributed by atoms with Gasteiger partial charge in [-0.05, 0) is 48.7 Å². The molecule has 0 bridgehead atoms. The van der Waals surface area contributed by atoms with E-state index in [2.05, 4.69) is 44.2 Å². The van der Waals surface area contributed by atoms with E-state index in [0.717, 1.165) is 11.4 Å². The average molecular weight is 243 g/mol. The molecular weight excluding hydrogens is 226 g/mol. The van der Waals surface area contributed by atoms with E-state index in [1.807, 2.05) is 23.9 Å². The number of anilines is 1. The van der Waals surface area contributed by atoms with Crippen molar-refractivity contribution in [3.8, 4) is 0 Å². The lowest BCUT2D eigenvalue weighted by atomic mass is 10.1. The lowest BCUT2D eigenvalue weighted by molar-refractivity contribution is 1.29. The number of thioether (sulfide) groups is 1. The van der Waals surface area contributed by atoms with E-state index >= 15 is 0 Å². The summed E-state index contributed by atoms with van der Waals surface area (Å²) in [7, 11) is 0. The van der Waals surface area contributed by atoms with Crippen LogP contribution in [0.2, 0.25) is 0 Å². The van der Waals surface area contributed by atoms with Crippen LogP contribution in [0.25, 0.3) is 0 Å². The van der Waals surface area contributed by atoms with Crippen molar-refractivity contribution in [2.75, 3.05) is 5.73 Å². The van der Waals surface area contributed by atoms with Crippen LogP contribution in [0.5, 0.6) is 0 Å². The van der Waals surface area contributed by atoms with Gasteiger partial charge in [-0.3, -0.25) is 0 Å². The Hall–Kier alpha value is -1.41. The molecule has 0 aliphatic carbocycles. The highest BCUT2D eigenvalue weighted by atomic mass is 32.2. The minimum absolute atomic E-state index is 0.845. The van der Waals surface area contributed by atoms with Crippen molar-refractivity contribution >= 4 is 17.4 Å². The van der Waals surface area contributed by atoms with E-state index in [4.69, 9.17) is 5.73 Å². The monoisotopic (exact) mass is 243 g/mol. The summed E-state index contributed by atoms with van der Waals surface area (Å²) in [6.07, 6.45) is 0. The van der Waals surface area contributed by atoms with Crippen molar-refractivity contribution in [1.82, 2.24) is 0 Å². The Morgan fingerprint density at radius 1 is 1.06 bits per heavy atom. The van der Waals surface area contributed by atoms with Crippen molar-refractivity contribution in [3.05, 3.63) is 59.2 Å². The van der Waals surface area contributed by atoms with Crippen molar-refractivity contribution in [2.45, 2.75) is 24.5 Å². The first-order valence-corrected chi connectivity index (χ1v) is 6.68. The zero-order valence-corrected chi connectivity index (χ0v) is 11.1. The summed E-state index contributed by atoms with van der Waals surface area (Å²) in [5.41, 5.74) is 10.6. The normalized spacial score (nSPS) is 10.5. The third-order valence-corrected chi connectivity index (χ3v) is 3.75. The van der Waals surface area contributed by atoms with Gasteiger partial charge in [-0.25, -0.2) is 0 Å². The zero-order chi connectivity index (χ0) is 12.3. The van der Waals surface area contributed by atoms with E-state index in [9.17, 15) is 0 Å². The van der Waals surface area contributed by atoms with E-state index in [0.29, 0.717) is 0 Å². The average Bonchev–Trinajstić information content (AvgIpc) is 2.27. The van der Waals surface area contributed by atoms with Gasteiger partial charge in [-0.2, -0.15) is 0 Å². The van der Waals surface area contributed by atoms with Crippen LogP contribution >= 0.6 is 11.8 Å². The first-order chi connectivity index (χ1) is 8.15. The van der Waals surface area contributed by atoms with Crippen LogP contribution in [0.1, 0.15) is 16.7 Å². The number of hydrogen-bond donors (Lipinski definition) is 1. The van der Waals surface area contributed by atoms with Crippen LogP contribution in [0, 0.1) is 13.8 Å². The molecule has 2 rings (SSSR count). The highest BCUT2D eigenvalue weighted by Crippen LogP contribution is 2.26. The van der Waals surface area contributed by atoms with E-state index in [1.165, 1.54) is 21.6 Å². The van der Waals surface area contributed by atoms with Gasteiger partial charge in [0.15, 0.2) is 0 Å². The van der Waals surface area contributed by atoms with Gasteiger partial charge in [-0.15, -0.1) is 11.8 Å². The Labute approximate surface area is 107 Å². The molecule has 0 unspecified atom stereocenters. The SMILES string of the molecule is Cc1cc(N)cc(SCc2ccccc2C)c1. The van der Waals surface area contributed by atoms with Crippen LogP contribution in [-0.2, 0) is 5.75 Å². The van der Waals surface area contributed by atoms with Gasteiger partial charge in [0, 0.05) is 16.3 Å². The minimum Gasteiger partial charge on any atom is -0.399 e. The van der Waals surface area contributed by atoms with Gasteiger partial charge in [0.1, 0.15) is 0 Å². The lowest BCUT2D eigenvalue weighted by Gasteiger charge is -2.07. The molecule has 0 spiro atoms. The molecule has 0 fully saturated rings. The van der Waals surface area contributed by atoms with Crippen LogP contribution in [0.3, 0.4) is 0 Å². The fourth-order valence-corrected chi connectivity index (χ4v) is 2.93. The van der Waals surface area contributed by atoms with Crippen LogP contribution < -0.4 is 5.73 Å². The summed E-state index contributed by atoms with van der Waals surface area (Å²) >= 11 is 1.84. The quantitative estimate of drug-likeness (QED) is 0.646. The second kappa shape index (κ2) is 5.28. The van der Waals surface area contributed by atoms with E-state index in [1.54, 1.807) is 0 Å². The van der Waals surface area contributed by atoms with Crippen molar-refractivity contribution in [1.29, 1.82) is 0 Å². The van der Waals surface area contributed by atoms with Gasteiger partial charge >= 0.3 is 0 Å². The molecule has 1 nitrogen and oxygen atoms in total. The maximum atomic E-state index is 5.84. The molecule has 0 aliphatic rings. The van der Waals surface area contributed by atoms with E-state index < -0.39 is 0 Å². The molecule has 17 heavy (non-hydrogen) atoms. The molecule has 2 N–H and O–H groups in total. The predicted octanol–water partition coefficient (Wildman–Crippen LogP) is 4.18.